The van der Waals surface area contributed by atoms with Crippen LogP contribution in [0.3, 0.4) is 0 Å². The quantitative estimate of drug-likeness (QED) is 0.671. The van der Waals surface area contributed by atoms with Crippen LogP contribution in [0.25, 0.3) is 0 Å². The predicted molar refractivity (Wildman–Crippen MR) is 104 cm³/mol. The van der Waals surface area contributed by atoms with E-state index in [0.717, 1.165) is 11.4 Å². The van der Waals surface area contributed by atoms with Gasteiger partial charge in [-0.15, -0.1) is 0 Å². The first-order valence-electron chi connectivity index (χ1n) is 7.93. The van der Waals surface area contributed by atoms with E-state index in [1.165, 1.54) is 11.3 Å². The van der Waals surface area contributed by atoms with E-state index >= 15 is 0 Å². The summed E-state index contributed by atoms with van der Waals surface area (Å²) >= 11 is 1.29. The van der Waals surface area contributed by atoms with Crippen molar-refractivity contribution in [3.63, 3.8) is 0 Å². The highest BCUT2D eigenvalue weighted by Gasteiger charge is 2.16. The Morgan fingerprint density at radius 2 is 1.77 bits per heavy atom. The number of aromatic nitrogens is 1. The zero-order valence-electron chi connectivity index (χ0n) is 14.7. The molecule has 0 aliphatic carbocycles. The number of para-hydroxylation sites is 2. The van der Waals surface area contributed by atoms with E-state index in [9.17, 15) is 4.79 Å². The van der Waals surface area contributed by atoms with Gasteiger partial charge in [0.25, 0.3) is 5.91 Å². The molecule has 0 aliphatic heterocycles. The van der Waals surface area contributed by atoms with Gasteiger partial charge in [-0.1, -0.05) is 23.5 Å². The lowest BCUT2D eigenvalue weighted by Crippen LogP contribution is -2.11. The fourth-order valence-corrected chi connectivity index (χ4v) is 3.26. The summed E-state index contributed by atoms with van der Waals surface area (Å²) in [7, 11) is 3.21. The van der Waals surface area contributed by atoms with Gasteiger partial charge in [0.2, 0.25) is 0 Å². The van der Waals surface area contributed by atoms with Gasteiger partial charge >= 0.3 is 0 Å². The van der Waals surface area contributed by atoms with Crippen LogP contribution in [0, 0.1) is 6.92 Å². The number of amides is 1. The maximum absolute atomic E-state index is 12.6. The molecule has 0 spiro atoms. The lowest BCUT2D eigenvalue weighted by molar-refractivity contribution is 0.103. The predicted octanol–water partition coefficient (Wildman–Crippen LogP) is 4.46. The Kier molecular flexibility index (Phi) is 5.38. The van der Waals surface area contributed by atoms with E-state index in [1.807, 2.05) is 31.2 Å². The summed E-state index contributed by atoms with van der Waals surface area (Å²) in [6, 6.07) is 14.7. The first-order valence-corrected chi connectivity index (χ1v) is 8.75. The molecule has 3 rings (SSSR count). The second-order valence-electron chi connectivity index (χ2n) is 5.44. The van der Waals surface area contributed by atoms with Crippen molar-refractivity contribution in [2.45, 2.75) is 6.92 Å². The maximum atomic E-state index is 12.6. The van der Waals surface area contributed by atoms with Crippen molar-refractivity contribution in [3.8, 4) is 11.5 Å². The van der Waals surface area contributed by atoms with E-state index in [2.05, 4.69) is 15.6 Å². The van der Waals surface area contributed by atoms with E-state index < -0.39 is 0 Å². The van der Waals surface area contributed by atoms with Crippen molar-refractivity contribution in [1.82, 2.24) is 4.98 Å². The molecule has 7 heteroatoms. The molecule has 0 atom stereocenters. The zero-order chi connectivity index (χ0) is 18.5. The maximum Gasteiger partial charge on any atom is 0.267 e. The number of carbonyl (C=O) groups is 1. The number of nitrogens with zero attached hydrogens (tertiary/aromatic N) is 1. The van der Waals surface area contributed by atoms with E-state index in [-0.39, 0.29) is 5.91 Å². The average Bonchev–Trinajstić information content (AvgIpc) is 3.03. The third-order valence-corrected chi connectivity index (χ3v) is 4.77. The first kappa shape index (κ1) is 17.8. The lowest BCUT2D eigenvalue weighted by Gasteiger charge is -2.08. The van der Waals surface area contributed by atoms with Gasteiger partial charge in [-0.3, -0.25) is 4.79 Å². The molecule has 26 heavy (non-hydrogen) atoms. The molecule has 1 aromatic heterocycles. The van der Waals surface area contributed by atoms with Gasteiger partial charge in [0, 0.05) is 5.69 Å². The molecule has 3 aromatic rings. The van der Waals surface area contributed by atoms with Crippen LogP contribution >= 0.6 is 11.3 Å². The lowest BCUT2D eigenvalue weighted by atomic mass is 10.3. The topological polar surface area (TPSA) is 72.5 Å². The molecule has 0 saturated heterocycles. The smallest absolute Gasteiger partial charge is 0.267 e. The third-order valence-electron chi connectivity index (χ3n) is 3.70. The summed E-state index contributed by atoms with van der Waals surface area (Å²) in [4.78, 5) is 17.6. The van der Waals surface area contributed by atoms with Gasteiger partial charge in [-0.25, -0.2) is 4.98 Å². The SMILES string of the molecule is COc1ccc(NC(=O)c2sc(Nc3ccccc3OC)nc2C)cc1. The summed E-state index contributed by atoms with van der Waals surface area (Å²) < 4.78 is 10.4. The van der Waals surface area contributed by atoms with E-state index in [1.54, 1.807) is 38.5 Å². The Morgan fingerprint density at radius 3 is 2.46 bits per heavy atom. The summed E-state index contributed by atoms with van der Waals surface area (Å²) in [5, 5.41) is 6.71. The summed E-state index contributed by atoms with van der Waals surface area (Å²) in [5.41, 5.74) is 2.16. The van der Waals surface area contributed by atoms with Crippen LogP contribution in [0.4, 0.5) is 16.5 Å². The van der Waals surface area contributed by atoms with Crippen LogP contribution < -0.4 is 20.1 Å². The molecule has 0 radical (unpaired) electrons. The number of aryl methyl sites for hydroxylation is 1. The van der Waals surface area contributed by atoms with Gasteiger partial charge in [0.1, 0.15) is 16.4 Å². The number of methoxy groups -OCH3 is 2. The molecule has 0 saturated carbocycles. The third kappa shape index (κ3) is 3.94. The van der Waals surface area contributed by atoms with Crippen molar-refractivity contribution in [2.75, 3.05) is 24.9 Å². The monoisotopic (exact) mass is 369 g/mol. The number of ether oxygens (including phenoxy) is 2. The van der Waals surface area contributed by atoms with Crippen LogP contribution in [0.1, 0.15) is 15.4 Å². The minimum atomic E-state index is -0.196. The Balaban J connectivity index is 1.75. The van der Waals surface area contributed by atoms with Gasteiger partial charge in [-0.2, -0.15) is 0 Å². The van der Waals surface area contributed by atoms with Gasteiger partial charge < -0.3 is 20.1 Å². The normalized spacial score (nSPS) is 10.3. The summed E-state index contributed by atoms with van der Waals surface area (Å²) in [5.74, 6) is 1.25. The Bertz CT molecular complexity index is 907. The fraction of sp³-hybridized carbons (Fsp3) is 0.158. The highest BCUT2D eigenvalue weighted by atomic mass is 32.1. The summed E-state index contributed by atoms with van der Waals surface area (Å²) in [6.07, 6.45) is 0. The largest absolute Gasteiger partial charge is 0.497 e. The first-order chi connectivity index (χ1) is 12.6. The number of carbonyl (C=O) groups excluding carboxylic acids is 1. The van der Waals surface area contributed by atoms with Crippen LogP contribution in [0.2, 0.25) is 0 Å². The number of rotatable bonds is 6. The van der Waals surface area contributed by atoms with Crippen molar-refractivity contribution < 1.29 is 14.3 Å². The highest BCUT2D eigenvalue weighted by molar-refractivity contribution is 7.17. The van der Waals surface area contributed by atoms with Crippen LogP contribution in [-0.2, 0) is 0 Å². The molecule has 2 N–H and O–H groups in total. The van der Waals surface area contributed by atoms with Gasteiger partial charge in [0.05, 0.1) is 25.6 Å². The zero-order valence-corrected chi connectivity index (χ0v) is 15.5. The Labute approximate surface area is 155 Å². The minimum Gasteiger partial charge on any atom is -0.497 e. The molecule has 1 heterocycles. The second kappa shape index (κ2) is 7.88. The molecule has 1 amide bonds. The molecular weight excluding hydrogens is 350 g/mol. The number of nitrogens with one attached hydrogen (secondary N) is 2. The number of hydrogen-bond donors (Lipinski definition) is 2. The van der Waals surface area contributed by atoms with E-state index in [4.69, 9.17) is 9.47 Å². The van der Waals surface area contributed by atoms with Gasteiger partial charge in [0.15, 0.2) is 5.13 Å². The van der Waals surface area contributed by atoms with Crippen LogP contribution in [0.5, 0.6) is 11.5 Å². The Morgan fingerprint density at radius 1 is 1.04 bits per heavy atom. The second-order valence-corrected chi connectivity index (χ2v) is 6.44. The van der Waals surface area contributed by atoms with Gasteiger partial charge in [-0.05, 0) is 43.3 Å². The summed E-state index contributed by atoms with van der Waals surface area (Å²) in [6.45, 7) is 1.81. The molecule has 0 fully saturated rings. The van der Waals surface area contributed by atoms with Crippen molar-refractivity contribution in [2.24, 2.45) is 0 Å². The van der Waals surface area contributed by atoms with Crippen LogP contribution in [-0.4, -0.2) is 25.1 Å². The number of anilines is 3. The minimum absolute atomic E-state index is 0.196. The molecule has 0 aliphatic rings. The number of hydrogen-bond acceptors (Lipinski definition) is 6. The van der Waals surface area contributed by atoms with Crippen molar-refractivity contribution in [3.05, 3.63) is 59.1 Å². The molecular formula is C19H19N3O3S. The Hall–Kier alpha value is -3.06. The molecule has 134 valence electrons. The molecule has 6 nitrogen and oxygen atoms in total. The highest BCUT2D eigenvalue weighted by Crippen LogP contribution is 2.31. The molecule has 0 unspecified atom stereocenters. The van der Waals surface area contributed by atoms with Crippen molar-refractivity contribution >= 4 is 33.8 Å². The number of thiazole rings is 1. The van der Waals surface area contributed by atoms with E-state index in [0.29, 0.717) is 27.1 Å². The molecule has 0 bridgehead atoms. The fourth-order valence-electron chi connectivity index (χ4n) is 2.39. The standard InChI is InChI=1S/C19H19N3O3S/c1-12-17(18(23)21-13-8-10-14(24-2)11-9-13)26-19(20-12)22-15-6-4-5-7-16(15)25-3/h4-11H,1-3H3,(H,20,22)(H,21,23). The number of benzene rings is 2. The van der Waals surface area contributed by atoms with Crippen LogP contribution in [0.15, 0.2) is 48.5 Å². The average molecular weight is 369 g/mol. The molecule has 2 aromatic carbocycles. The van der Waals surface area contributed by atoms with Crippen molar-refractivity contribution in [1.29, 1.82) is 0 Å².